The number of rotatable bonds is 1. The SMILES string of the molecule is CC(=O)Br.OC[C@H]1O[C@H](O)[C@H](O)[C@@H](O)[C@H]1O. The van der Waals surface area contributed by atoms with Crippen molar-refractivity contribution in [2.45, 2.75) is 37.6 Å². The van der Waals surface area contributed by atoms with Gasteiger partial charge in [-0.15, -0.1) is 0 Å². The third kappa shape index (κ3) is 4.83. The lowest BCUT2D eigenvalue weighted by Gasteiger charge is -2.37. The van der Waals surface area contributed by atoms with Gasteiger partial charge in [0.2, 0.25) is 0 Å². The predicted octanol–water partition coefficient (Wildman–Crippen LogP) is -2.29. The third-order valence-electron chi connectivity index (χ3n) is 1.87. The molecule has 5 N–H and O–H groups in total. The normalized spacial score (nSPS) is 38.6. The zero-order chi connectivity index (χ0) is 12.9. The van der Waals surface area contributed by atoms with E-state index in [0.717, 1.165) is 0 Å². The minimum Gasteiger partial charge on any atom is -0.394 e. The van der Waals surface area contributed by atoms with Crippen molar-refractivity contribution < 1.29 is 35.1 Å². The summed E-state index contributed by atoms with van der Waals surface area (Å²) < 4.78 is 4.56. The molecule has 0 aliphatic carbocycles. The molecule has 0 aromatic rings. The van der Waals surface area contributed by atoms with Gasteiger partial charge in [-0.25, -0.2) is 0 Å². The van der Waals surface area contributed by atoms with E-state index in [4.69, 9.17) is 25.5 Å². The van der Waals surface area contributed by atoms with Crippen molar-refractivity contribution >= 4 is 20.6 Å². The summed E-state index contributed by atoms with van der Waals surface area (Å²) in [5.41, 5.74) is 0. The zero-order valence-corrected chi connectivity index (χ0v) is 10.1. The molecule has 0 aromatic carbocycles. The summed E-state index contributed by atoms with van der Waals surface area (Å²) >= 11 is 2.63. The van der Waals surface area contributed by atoms with Crippen molar-refractivity contribution in [3.63, 3.8) is 0 Å². The molecule has 1 saturated heterocycles. The number of hydrogen-bond acceptors (Lipinski definition) is 7. The molecule has 16 heavy (non-hydrogen) atoms. The smallest absolute Gasteiger partial charge is 0.194 e. The third-order valence-corrected chi connectivity index (χ3v) is 1.87. The van der Waals surface area contributed by atoms with Gasteiger partial charge in [0.25, 0.3) is 0 Å². The van der Waals surface area contributed by atoms with Crippen molar-refractivity contribution in [3.8, 4) is 0 Å². The fourth-order valence-electron chi connectivity index (χ4n) is 1.08. The maximum Gasteiger partial charge on any atom is 0.194 e. The van der Waals surface area contributed by atoms with Crippen LogP contribution in [0.1, 0.15) is 6.92 Å². The number of aliphatic hydroxyl groups excluding tert-OH is 5. The number of carbonyl (C=O) groups is 1. The second kappa shape index (κ2) is 7.28. The Morgan fingerprint density at radius 1 is 1.19 bits per heavy atom. The Hall–Kier alpha value is -0.0900. The van der Waals surface area contributed by atoms with Gasteiger partial charge in [-0.2, -0.15) is 0 Å². The average molecular weight is 303 g/mol. The molecule has 0 saturated carbocycles. The highest BCUT2D eigenvalue weighted by Gasteiger charge is 2.42. The van der Waals surface area contributed by atoms with Crippen molar-refractivity contribution in [2.24, 2.45) is 0 Å². The first-order chi connectivity index (χ1) is 7.31. The molecule has 1 aliphatic heterocycles. The molecule has 1 fully saturated rings. The fraction of sp³-hybridized carbons (Fsp3) is 0.875. The molecule has 8 heteroatoms. The van der Waals surface area contributed by atoms with Crippen molar-refractivity contribution in [3.05, 3.63) is 0 Å². The molecule has 0 aromatic heterocycles. The van der Waals surface area contributed by atoms with E-state index in [1.165, 1.54) is 6.92 Å². The predicted molar refractivity (Wildman–Crippen MR) is 55.6 cm³/mol. The Morgan fingerprint density at radius 2 is 1.62 bits per heavy atom. The maximum atomic E-state index is 9.36. The summed E-state index contributed by atoms with van der Waals surface area (Å²) in [6.45, 7) is 0.919. The molecule has 7 nitrogen and oxygen atoms in total. The van der Waals surface area contributed by atoms with Crippen LogP contribution in [0.2, 0.25) is 0 Å². The monoisotopic (exact) mass is 302 g/mol. The Labute approximate surface area is 100 Å². The number of aliphatic hydroxyl groups is 5. The van der Waals surface area contributed by atoms with Crippen LogP contribution >= 0.6 is 15.9 Å². The number of halogens is 1. The van der Waals surface area contributed by atoms with Crippen LogP contribution < -0.4 is 0 Å². The number of ether oxygens (including phenoxy) is 1. The second-order valence-electron chi connectivity index (χ2n) is 3.19. The Kier molecular flexibility index (Phi) is 7.24. The molecule has 0 radical (unpaired) electrons. The molecule has 0 unspecified atom stereocenters. The zero-order valence-electron chi connectivity index (χ0n) is 8.52. The molecule has 1 aliphatic rings. The largest absolute Gasteiger partial charge is 0.394 e. The van der Waals surface area contributed by atoms with E-state index < -0.39 is 37.3 Å². The van der Waals surface area contributed by atoms with Gasteiger partial charge in [-0.1, -0.05) is 0 Å². The molecular formula is C8H15BrO7. The topological polar surface area (TPSA) is 127 Å². The molecule has 1 heterocycles. The lowest BCUT2D eigenvalue weighted by molar-refractivity contribution is -0.286. The highest BCUT2D eigenvalue weighted by molar-refractivity contribution is 9.18. The van der Waals surface area contributed by atoms with E-state index in [1.807, 2.05) is 0 Å². The lowest BCUT2D eigenvalue weighted by atomic mass is 10.00. The van der Waals surface area contributed by atoms with Gasteiger partial charge in [0, 0.05) is 6.92 Å². The lowest BCUT2D eigenvalue weighted by Crippen LogP contribution is -2.58. The first kappa shape index (κ1) is 15.9. The van der Waals surface area contributed by atoms with Crippen LogP contribution in [-0.2, 0) is 9.53 Å². The number of hydrogen-bond donors (Lipinski definition) is 5. The quantitative estimate of drug-likeness (QED) is 0.345. The van der Waals surface area contributed by atoms with Gasteiger partial charge in [0.05, 0.1) is 6.61 Å². The van der Waals surface area contributed by atoms with Gasteiger partial charge >= 0.3 is 0 Å². The Morgan fingerprint density at radius 3 is 2.00 bits per heavy atom. The molecule has 1 rings (SSSR count). The molecule has 0 amide bonds. The summed E-state index contributed by atoms with van der Waals surface area (Å²) in [6.07, 6.45) is -7.04. The van der Waals surface area contributed by atoms with E-state index in [9.17, 15) is 4.79 Å². The summed E-state index contributed by atoms with van der Waals surface area (Å²) in [6, 6.07) is 0. The van der Waals surface area contributed by atoms with E-state index in [1.54, 1.807) is 0 Å². The second-order valence-corrected chi connectivity index (χ2v) is 4.31. The van der Waals surface area contributed by atoms with E-state index in [0.29, 0.717) is 0 Å². The summed E-state index contributed by atoms with van der Waals surface area (Å²) in [4.78, 5) is 9.36. The summed E-state index contributed by atoms with van der Waals surface area (Å²) in [7, 11) is 0. The molecule has 5 atom stereocenters. The van der Waals surface area contributed by atoms with Gasteiger partial charge in [-0.05, 0) is 15.9 Å². The molecule has 0 bridgehead atoms. The van der Waals surface area contributed by atoms with E-state index in [2.05, 4.69) is 20.7 Å². The van der Waals surface area contributed by atoms with Crippen LogP contribution in [0.5, 0.6) is 0 Å². The van der Waals surface area contributed by atoms with Crippen LogP contribution in [0.15, 0.2) is 0 Å². The fourth-order valence-corrected chi connectivity index (χ4v) is 1.08. The first-order valence-electron chi connectivity index (χ1n) is 4.46. The van der Waals surface area contributed by atoms with Crippen molar-refractivity contribution in [2.75, 3.05) is 6.61 Å². The molecule has 0 spiro atoms. The van der Waals surface area contributed by atoms with E-state index in [-0.39, 0.29) is 4.69 Å². The molecular weight excluding hydrogens is 288 g/mol. The van der Waals surface area contributed by atoms with Crippen LogP contribution in [0.4, 0.5) is 0 Å². The first-order valence-corrected chi connectivity index (χ1v) is 5.25. The van der Waals surface area contributed by atoms with Crippen molar-refractivity contribution in [1.29, 1.82) is 0 Å². The van der Waals surface area contributed by atoms with Gasteiger partial charge < -0.3 is 30.3 Å². The average Bonchev–Trinajstić information content (AvgIpc) is 2.19. The minimum absolute atomic E-state index is 0.0208. The Bertz CT molecular complexity index is 216. The highest BCUT2D eigenvalue weighted by Crippen LogP contribution is 2.18. The number of carbonyl (C=O) groups excluding carboxylic acids is 1. The summed E-state index contributed by atoms with van der Waals surface area (Å²) in [5.74, 6) is 0. The van der Waals surface area contributed by atoms with Crippen molar-refractivity contribution in [1.82, 2.24) is 0 Å². The van der Waals surface area contributed by atoms with Crippen LogP contribution in [0.3, 0.4) is 0 Å². The summed E-state index contributed by atoms with van der Waals surface area (Å²) in [5, 5.41) is 44.7. The van der Waals surface area contributed by atoms with Crippen LogP contribution in [0.25, 0.3) is 0 Å². The standard InChI is InChI=1S/C6H12O6.C2H3BrO/c7-1-2-3(8)4(9)5(10)6(11)12-2;1-2(3)4/h2-11H,1H2;1H3/t2-,3+,4+,5-,6+;/m1./s1. The van der Waals surface area contributed by atoms with Gasteiger partial charge in [-0.3, -0.25) is 4.79 Å². The highest BCUT2D eigenvalue weighted by atomic mass is 79.9. The van der Waals surface area contributed by atoms with E-state index >= 15 is 0 Å². The van der Waals surface area contributed by atoms with Crippen LogP contribution in [-0.4, -0.2) is 67.5 Å². The van der Waals surface area contributed by atoms with Crippen LogP contribution in [0, 0.1) is 0 Å². The maximum absolute atomic E-state index is 9.36. The Balaban J connectivity index is 0.000000487. The molecule has 96 valence electrons. The van der Waals surface area contributed by atoms with Gasteiger partial charge in [0.15, 0.2) is 11.0 Å². The van der Waals surface area contributed by atoms with Gasteiger partial charge in [0.1, 0.15) is 24.4 Å². The minimum atomic E-state index is -1.57.